The number of rotatable bonds is 7. The lowest BCUT2D eigenvalue weighted by Crippen LogP contribution is -2.42. The average Bonchev–Trinajstić information content (AvgIpc) is 2.95. The number of hydrogen-bond acceptors (Lipinski definition) is 4. The van der Waals surface area contributed by atoms with Crippen LogP contribution in [0, 0.1) is 0 Å². The summed E-state index contributed by atoms with van der Waals surface area (Å²) in [4.78, 5) is 18.8. The Morgan fingerprint density at radius 3 is 2.32 bits per heavy atom. The minimum Gasteiger partial charge on any atom is -0.444 e. The molecule has 1 heterocycles. The number of hydrogen-bond donors (Lipinski definition) is 3. The van der Waals surface area contributed by atoms with Gasteiger partial charge in [0.2, 0.25) is 0 Å². The molecule has 0 aliphatic heterocycles. The fourth-order valence-corrected chi connectivity index (χ4v) is 2.74. The maximum Gasteiger partial charge on any atom is 0.407 e. The van der Waals surface area contributed by atoms with Gasteiger partial charge in [0.05, 0.1) is 6.54 Å². The second kappa shape index (κ2) is 12.3. The van der Waals surface area contributed by atoms with Crippen LogP contribution in [0.5, 0.6) is 0 Å². The first kappa shape index (κ1) is 24.0. The summed E-state index contributed by atoms with van der Waals surface area (Å²) in [5.41, 5.74) is -0.480. The summed E-state index contributed by atoms with van der Waals surface area (Å²) >= 11 is 1.79. The third-order valence-corrected chi connectivity index (χ3v) is 4.10. The molecule has 0 saturated heterocycles. The minimum atomic E-state index is -0.480. The summed E-state index contributed by atoms with van der Waals surface area (Å²) in [6.07, 6.45) is 0.653. The van der Waals surface area contributed by atoms with Crippen molar-refractivity contribution in [2.75, 3.05) is 19.6 Å². The van der Waals surface area contributed by atoms with E-state index in [1.54, 1.807) is 11.3 Å². The van der Waals surface area contributed by atoms with Crippen LogP contribution in [0.25, 0.3) is 0 Å². The van der Waals surface area contributed by atoms with E-state index < -0.39 is 11.7 Å². The van der Waals surface area contributed by atoms with Gasteiger partial charge in [0.25, 0.3) is 0 Å². The zero-order chi connectivity index (χ0) is 18.0. The Morgan fingerprint density at radius 1 is 1.12 bits per heavy atom. The van der Waals surface area contributed by atoms with Gasteiger partial charge in [0, 0.05) is 29.4 Å². The predicted molar refractivity (Wildman–Crippen MR) is 116 cm³/mol. The zero-order valence-corrected chi connectivity index (χ0v) is 18.9. The van der Waals surface area contributed by atoms with Gasteiger partial charge in [-0.2, -0.15) is 0 Å². The van der Waals surface area contributed by atoms with Crippen LogP contribution in [0.15, 0.2) is 17.1 Å². The molecule has 0 saturated carbocycles. The van der Waals surface area contributed by atoms with Crippen LogP contribution in [0.1, 0.15) is 44.4 Å². The molecule has 0 unspecified atom stereocenters. The van der Waals surface area contributed by atoms with E-state index in [-0.39, 0.29) is 24.0 Å². The Morgan fingerprint density at radius 2 is 1.76 bits per heavy atom. The van der Waals surface area contributed by atoms with E-state index in [1.165, 1.54) is 9.75 Å². The van der Waals surface area contributed by atoms with E-state index in [0.717, 1.165) is 18.9 Å². The van der Waals surface area contributed by atoms with Crippen LogP contribution >= 0.6 is 35.3 Å². The van der Waals surface area contributed by atoms with Gasteiger partial charge >= 0.3 is 6.09 Å². The molecule has 0 atom stereocenters. The molecule has 8 heteroatoms. The van der Waals surface area contributed by atoms with Gasteiger partial charge in [-0.3, -0.25) is 0 Å². The molecule has 0 spiro atoms. The first-order valence-corrected chi connectivity index (χ1v) is 9.22. The van der Waals surface area contributed by atoms with Crippen LogP contribution in [0.3, 0.4) is 0 Å². The average molecular weight is 482 g/mol. The number of alkyl carbamates (subject to hydrolysis) is 1. The topological polar surface area (TPSA) is 74.8 Å². The second-order valence-corrected chi connectivity index (χ2v) is 7.53. The van der Waals surface area contributed by atoms with Gasteiger partial charge in [0.1, 0.15) is 5.60 Å². The molecule has 6 nitrogen and oxygen atoms in total. The molecule has 0 bridgehead atoms. The second-order valence-electron chi connectivity index (χ2n) is 6.27. The number of halogens is 1. The first-order chi connectivity index (χ1) is 11.3. The summed E-state index contributed by atoms with van der Waals surface area (Å²) in [5, 5.41) is 9.12. The van der Waals surface area contributed by atoms with Gasteiger partial charge in [-0.1, -0.05) is 6.92 Å². The van der Waals surface area contributed by atoms with E-state index in [2.05, 4.69) is 40.0 Å². The number of carbonyl (C=O) groups excluding carboxylic acids is 1. The highest BCUT2D eigenvalue weighted by molar-refractivity contribution is 14.0. The quantitative estimate of drug-likeness (QED) is 0.241. The number of thiophene rings is 1. The molecule has 0 fully saturated rings. The Labute approximate surface area is 172 Å². The number of nitrogens with one attached hydrogen (secondary N) is 3. The number of guanidine groups is 1. The molecule has 3 N–H and O–H groups in total. The lowest BCUT2D eigenvalue weighted by atomic mass is 10.2. The van der Waals surface area contributed by atoms with Crippen molar-refractivity contribution in [3.63, 3.8) is 0 Å². The fraction of sp³-hybridized carbons (Fsp3) is 0.647. The van der Waals surface area contributed by atoms with Gasteiger partial charge in [-0.25, -0.2) is 9.79 Å². The number of ether oxygens (including phenoxy) is 1. The molecule has 0 aromatic carbocycles. The molecule has 0 aliphatic carbocycles. The number of nitrogens with zero attached hydrogens (tertiary/aromatic N) is 1. The van der Waals surface area contributed by atoms with Crippen molar-refractivity contribution < 1.29 is 9.53 Å². The SMILES string of the molecule is CCNC(=NCc1ccc(CC)s1)NCCNC(=O)OC(C)(C)C.I. The van der Waals surface area contributed by atoms with Crippen molar-refractivity contribution in [1.29, 1.82) is 0 Å². The van der Waals surface area contributed by atoms with Crippen molar-refractivity contribution >= 4 is 47.4 Å². The van der Waals surface area contributed by atoms with Crippen molar-refractivity contribution in [2.24, 2.45) is 4.99 Å². The highest BCUT2D eigenvalue weighted by atomic mass is 127. The molecule has 1 aromatic rings. The van der Waals surface area contributed by atoms with E-state index in [1.807, 2.05) is 27.7 Å². The Bertz CT molecular complexity index is 541. The molecule has 1 amide bonds. The summed E-state index contributed by atoms with van der Waals surface area (Å²) in [6.45, 7) is 12.2. The van der Waals surface area contributed by atoms with Crippen LogP contribution in [-0.2, 0) is 17.7 Å². The summed E-state index contributed by atoms with van der Waals surface area (Å²) in [7, 11) is 0. The first-order valence-electron chi connectivity index (χ1n) is 8.40. The van der Waals surface area contributed by atoms with E-state index in [0.29, 0.717) is 19.6 Å². The lowest BCUT2D eigenvalue weighted by molar-refractivity contribution is 0.0529. The number of carbonyl (C=O) groups is 1. The Kier molecular flexibility index (Phi) is 11.8. The Balaban J connectivity index is 0.00000576. The van der Waals surface area contributed by atoms with E-state index in [9.17, 15) is 4.79 Å². The van der Waals surface area contributed by atoms with Gasteiger partial charge in [0.15, 0.2) is 5.96 Å². The van der Waals surface area contributed by atoms with Crippen LogP contribution in [0.2, 0.25) is 0 Å². The molecule has 1 aromatic heterocycles. The van der Waals surface area contributed by atoms with Gasteiger partial charge in [-0.05, 0) is 46.2 Å². The highest BCUT2D eigenvalue weighted by Crippen LogP contribution is 2.17. The summed E-state index contributed by atoms with van der Waals surface area (Å²) in [6, 6.07) is 4.28. The zero-order valence-electron chi connectivity index (χ0n) is 15.8. The summed E-state index contributed by atoms with van der Waals surface area (Å²) in [5.74, 6) is 0.745. The third kappa shape index (κ3) is 11.2. The van der Waals surface area contributed by atoms with Gasteiger partial charge in [-0.15, -0.1) is 35.3 Å². The molecular formula is C17H31IN4O2S. The number of amides is 1. The molecular weight excluding hydrogens is 451 g/mol. The predicted octanol–water partition coefficient (Wildman–Crippen LogP) is 3.51. The van der Waals surface area contributed by atoms with Crippen molar-refractivity contribution in [2.45, 2.75) is 53.2 Å². The highest BCUT2D eigenvalue weighted by Gasteiger charge is 2.15. The molecule has 144 valence electrons. The molecule has 0 aliphatic rings. The van der Waals surface area contributed by atoms with Crippen molar-refractivity contribution in [3.05, 3.63) is 21.9 Å². The van der Waals surface area contributed by atoms with Crippen LogP contribution in [0.4, 0.5) is 4.79 Å². The molecule has 25 heavy (non-hydrogen) atoms. The fourth-order valence-electron chi connectivity index (χ4n) is 1.86. The largest absolute Gasteiger partial charge is 0.444 e. The summed E-state index contributed by atoms with van der Waals surface area (Å²) < 4.78 is 5.19. The Hall–Kier alpha value is -1.03. The van der Waals surface area contributed by atoms with Crippen LogP contribution in [-0.4, -0.2) is 37.3 Å². The van der Waals surface area contributed by atoms with Gasteiger partial charge < -0.3 is 20.7 Å². The normalized spacial score (nSPS) is 11.5. The standard InChI is InChI=1S/C17H30N4O2S.HI/c1-6-13-8-9-14(24-13)12-21-15(18-7-2)19-10-11-20-16(22)23-17(3,4)5;/h8-9H,6-7,10-12H2,1-5H3,(H,20,22)(H2,18,19,21);1H. The van der Waals surface area contributed by atoms with E-state index in [4.69, 9.17) is 4.74 Å². The van der Waals surface area contributed by atoms with Crippen LogP contribution < -0.4 is 16.0 Å². The van der Waals surface area contributed by atoms with Crippen molar-refractivity contribution in [1.82, 2.24) is 16.0 Å². The monoisotopic (exact) mass is 482 g/mol. The maximum absolute atomic E-state index is 11.6. The van der Waals surface area contributed by atoms with Crippen molar-refractivity contribution in [3.8, 4) is 0 Å². The lowest BCUT2D eigenvalue weighted by Gasteiger charge is -2.19. The third-order valence-electron chi connectivity index (χ3n) is 2.89. The number of aliphatic imine (C=N–C) groups is 1. The number of aryl methyl sites for hydroxylation is 1. The van der Waals surface area contributed by atoms with E-state index >= 15 is 0 Å². The molecule has 0 radical (unpaired) electrons. The minimum absolute atomic E-state index is 0. The molecule has 1 rings (SSSR count). The maximum atomic E-state index is 11.6. The smallest absolute Gasteiger partial charge is 0.407 e.